The standard InChI is InChI=1S/C13H20ClN3O.ClH/c1-9(15)10-4-3-5-17(7-10)13(18)12-6-11(14)8-16(12)2;/h6,8-10H,3-5,7,15H2,1-2H3;1H. The zero-order valence-corrected chi connectivity index (χ0v) is 12.9. The number of carbonyl (C=O) groups excluding carboxylic acids is 1. The van der Waals surface area contributed by atoms with E-state index >= 15 is 0 Å². The van der Waals surface area contributed by atoms with Crippen molar-refractivity contribution < 1.29 is 4.79 Å². The Bertz CT molecular complexity index is 445. The number of halogens is 2. The molecule has 6 heteroatoms. The summed E-state index contributed by atoms with van der Waals surface area (Å²) in [7, 11) is 1.84. The second kappa shape index (κ2) is 6.64. The van der Waals surface area contributed by atoms with Crippen molar-refractivity contribution in [3.05, 3.63) is 23.0 Å². The third-order valence-corrected chi connectivity index (χ3v) is 3.89. The number of hydrogen-bond donors (Lipinski definition) is 1. The van der Waals surface area contributed by atoms with Crippen molar-refractivity contribution in [3.8, 4) is 0 Å². The van der Waals surface area contributed by atoms with Gasteiger partial charge in [-0.15, -0.1) is 12.4 Å². The largest absolute Gasteiger partial charge is 0.345 e. The molecule has 0 aromatic carbocycles. The highest BCUT2D eigenvalue weighted by molar-refractivity contribution is 6.31. The van der Waals surface area contributed by atoms with Crippen LogP contribution in [0.15, 0.2) is 12.3 Å². The summed E-state index contributed by atoms with van der Waals surface area (Å²) in [6.07, 6.45) is 3.88. The molecule has 2 rings (SSSR count). The maximum atomic E-state index is 12.4. The molecule has 1 saturated heterocycles. The molecule has 4 nitrogen and oxygen atoms in total. The van der Waals surface area contributed by atoms with Crippen molar-refractivity contribution in [1.82, 2.24) is 9.47 Å². The number of carbonyl (C=O) groups is 1. The molecule has 1 aromatic heterocycles. The minimum Gasteiger partial charge on any atom is -0.345 e. The van der Waals surface area contributed by atoms with Crippen LogP contribution in [0.1, 0.15) is 30.3 Å². The minimum atomic E-state index is 0. The number of rotatable bonds is 2. The van der Waals surface area contributed by atoms with Gasteiger partial charge in [-0.1, -0.05) is 11.6 Å². The zero-order chi connectivity index (χ0) is 13.3. The topological polar surface area (TPSA) is 51.3 Å². The van der Waals surface area contributed by atoms with Crippen LogP contribution >= 0.6 is 24.0 Å². The van der Waals surface area contributed by atoms with E-state index in [2.05, 4.69) is 0 Å². The van der Waals surface area contributed by atoms with Crippen LogP contribution < -0.4 is 5.73 Å². The van der Waals surface area contributed by atoms with Gasteiger partial charge in [-0.25, -0.2) is 0 Å². The van der Waals surface area contributed by atoms with Crippen LogP contribution in [0.25, 0.3) is 0 Å². The molecule has 0 radical (unpaired) electrons. The fourth-order valence-electron chi connectivity index (χ4n) is 2.52. The first kappa shape index (κ1) is 16.3. The molecule has 108 valence electrons. The van der Waals surface area contributed by atoms with Crippen LogP contribution in [0.3, 0.4) is 0 Å². The van der Waals surface area contributed by atoms with E-state index in [9.17, 15) is 4.79 Å². The van der Waals surface area contributed by atoms with Gasteiger partial charge in [0.15, 0.2) is 0 Å². The Morgan fingerprint density at radius 1 is 1.58 bits per heavy atom. The molecule has 19 heavy (non-hydrogen) atoms. The molecule has 0 aliphatic carbocycles. The zero-order valence-electron chi connectivity index (χ0n) is 11.3. The summed E-state index contributed by atoms with van der Waals surface area (Å²) in [6, 6.07) is 1.86. The number of likely N-dealkylation sites (tertiary alicyclic amines) is 1. The molecule has 2 unspecified atom stereocenters. The van der Waals surface area contributed by atoms with Gasteiger partial charge in [0.1, 0.15) is 5.69 Å². The molecular weight excluding hydrogens is 285 g/mol. The van der Waals surface area contributed by atoms with E-state index < -0.39 is 0 Å². The van der Waals surface area contributed by atoms with Crippen LogP contribution in [-0.4, -0.2) is 34.5 Å². The SMILES string of the molecule is CC(N)C1CCCN(C(=O)c2cc(Cl)cn2C)C1.Cl. The van der Waals surface area contributed by atoms with E-state index in [1.54, 1.807) is 16.8 Å². The van der Waals surface area contributed by atoms with E-state index in [0.29, 0.717) is 16.6 Å². The minimum absolute atomic E-state index is 0. The molecule has 1 fully saturated rings. The number of nitrogens with two attached hydrogens (primary N) is 1. The Morgan fingerprint density at radius 3 is 2.79 bits per heavy atom. The fraction of sp³-hybridized carbons (Fsp3) is 0.615. The van der Waals surface area contributed by atoms with Crippen LogP contribution in [0.5, 0.6) is 0 Å². The van der Waals surface area contributed by atoms with Crippen molar-refractivity contribution in [2.45, 2.75) is 25.8 Å². The Morgan fingerprint density at radius 2 is 2.26 bits per heavy atom. The summed E-state index contributed by atoms with van der Waals surface area (Å²) in [5.74, 6) is 0.452. The van der Waals surface area contributed by atoms with Gasteiger partial charge < -0.3 is 15.2 Å². The van der Waals surface area contributed by atoms with Gasteiger partial charge in [-0.05, 0) is 31.7 Å². The second-order valence-electron chi connectivity index (χ2n) is 5.17. The van der Waals surface area contributed by atoms with Gasteiger partial charge in [0.2, 0.25) is 0 Å². The highest BCUT2D eigenvalue weighted by Crippen LogP contribution is 2.22. The number of nitrogens with zero attached hydrogens (tertiary/aromatic N) is 2. The maximum absolute atomic E-state index is 12.4. The summed E-state index contributed by atoms with van der Waals surface area (Å²) in [5.41, 5.74) is 6.58. The molecule has 2 atom stereocenters. The Hall–Kier alpha value is -0.710. The molecule has 1 aliphatic rings. The average molecular weight is 306 g/mol. The molecule has 2 N–H and O–H groups in total. The Balaban J connectivity index is 0.00000180. The third kappa shape index (κ3) is 3.65. The van der Waals surface area contributed by atoms with Crippen molar-refractivity contribution in [3.63, 3.8) is 0 Å². The third-order valence-electron chi connectivity index (χ3n) is 3.68. The summed E-state index contributed by atoms with van der Waals surface area (Å²) in [4.78, 5) is 14.3. The lowest BCUT2D eigenvalue weighted by atomic mass is 9.92. The number of aromatic nitrogens is 1. The number of aryl methyl sites for hydroxylation is 1. The first-order chi connectivity index (χ1) is 8.49. The van der Waals surface area contributed by atoms with Crippen molar-refractivity contribution in [2.75, 3.05) is 13.1 Å². The second-order valence-corrected chi connectivity index (χ2v) is 5.60. The van der Waals surface area contributed by atoms with Gasteiger partial charge in [-0.2, -0.15) is 0 Å². The molecule has 0 saturated carbocycles. The number of hydrogen-bond acceptors (Lipinski definition) is 2. The van der Waals surface area contributed by atoms with Crippen LogP contribution in [0, 0.1) is 5.92 Å². The van der Waals surface area contributed by atoms with E-state index in [0.717, 1.165) is 25.9 Å². The molecule has 2 heterocycles. The van der Waals surface area contributed by atoms with Gasteiger partial charge in [0.25, 0.3) is 5.91 Å². The highest BCUT2D eigenvalue weighted by Gasteiger charge is 2.27. The first-order valence-electron chi connectivity index (χ1n) is 6.35. The van der Waals surface area contributed by atoms with E-state index in [-0.39, 0.29) is 24.4 Å². The number of piperidine rings is 1. The normalized spacial score (nSPS) is 20.8. The van der Waals surface area contributed by atoms with E-state index in [1.807, 2.05) is 18.9 Å². The summed E-state index contributed by atoms with van der Waals surface area (Å²) in [5, 5.41) is 0.599. The summed E-state index contributed by atoms with van der Waals surface area (Å²) in [6.45, 7) is 3.57. The molecule has 1 aliphatic heterocycles. The van der Waals surface area contributed by atoms with Crippen LogP contribution in [0.4, 0.5) is 0 Å². The van der Waals surface area contributed by atoms with Crippen molar-refractivity contribution in [1.29, 1.82) is 0 Å². The van der Waals surface area contributed by atoms with E-state index in [4.69, 9.17) is 17.3 Å². The Labute approximate surface area is 125 Å². The molecule has 1 aromatic rings. The van der Waals surface area contributed by atoms with Crippen molar-refractivity contribution in [2.24, 2.45) is 18.7 Å². The van der Waals surface area contributed by atoms with Crippen molar-refractivity contribution >= 4 is 29.9 Å². The van der Waals surface area contributed by atoms with Gasteiger partial charge in [-0.3, -0.25) is 4.79 Å². The van der Waals surface area contributed by atoms with Gasteiger partial charge in [0, 0.05) is 32.4 Å². The predicted molar refractivity (Wildman–Crippen MR) is 79.9 cm³/mol. The lowest BCUT2D eigenvalue weighted by Crippen LogP contribution is -2.45. The summed E-state index contributed by atoms with van der Waals surface area (Å²) < 4.78 is 1.78. The molecular formula is C13H21Cl2N3O. The fourth-order valence-corrected chi connectivity index (χ4v) is 2.77. The Kier molecular flexibility index (Phi) is 5.71. The molecule has 0 spiro atoms. The smallest absolute Gasteiger partial charge is 0.270 e. The van der Waals surface area contributed by atoms with Gasteiger partial charge in [0.05, 0.1) is 5.02 Å². The lowest BCUT2D eigenvalue weighted by molar-refractivity contribution is 0.0651. The van der Waals surface area contributed by atoms with Crippen LogP contribution in [0.2, 0.25) is 5.02 Å². The molecule has 0 bridgehead atoms. The molecule has 1 amide bonds. The monoisotopic (exact) mass is 305 g/mol. The average Bonchev–Trinajstić information content (AvgIpc) is 2.67. The highest BCUT2D eigenvalue weighted by atomic mass is 35.5. The lowest BCUT2D eigenvalue weighted by Gasteiger charge is -2.34. The quantitative estimate of drug-likeness (QED) is 0.911. The van der Waals surface area contributed by atoms with E-state index in [1.165, 1.54) is 0 Å². The number of amides is 1. The van der Waals surface area contributed by atoms with Crippen LogP contribution in [-0.2, 0) is 7.05 Å². The summed E-state index contributed by atoms with van der Waals surface area (Å²) >= 11 is 5.92. The van der Waals surface area contributed by atoms with Gasteiger partial charge >= 0.3 is 0 Å². The predicted octanol–water partition coefficient (Wildman–Crippen LogP) is 2.30. The maximum Gasteiger partial charge on any atom is 0.270 e. The first-order valence-corrected chi connectivity index (χ1v) is 6.73.